The van der Waals surface area contributed by atoms with Crippen LogP contribution in [0.2, 0.25) is 0 Å². The molecule has 5 nitrogen and oxygen atoms in total. The van der Waals surface area contributed by atoms with Gasteiger partial charge >= 0.3 is 0 Å². The van der Waals surface area contributed by atoms with Gasteiger partial charge in [0.1, 0.15) is 11.6 Å². The maximum atomic E-state index is 11.8. The van der Waals surface area contributed by atoms with Crippen molar-refractivity contribution < 1.29 is 14.5 Å². The van der Waals surface area contributed by atoms with Crippen molar-refractivity contribution in [3.8, 4) is 0 Å². The Morgan fingerprint density at radius 3 is 2.32 bits per heavy atom. The molecule has 0 aliphatic heterocycles. The van der Waals surface area contributed by atoms with Gasteiger partial charge in [-0.3, -0.25) is 19.7 Å². The van der Waals surface area contributed by atoms with Crippen LogP contribution in [0.5, 0.6) is 0 Å². The molecule has 0 rings (SSSR count). The topological polar surface area (TPSA) is 77.3 Å². The molecule has 5 heteroatoms. The first kappa shape index (κ1) is 17.5. The molecule has 0 aromatic rings. The van der Waals surface area contributed by atoms with E-state index in [0.717, 1.165) is 5.57 Å². The number of nitrogens with zero attached hydrogens (tertiary/aromatic N) is 1. The van der Waals surface area contributed by atoms with Gasteiger partial charge in [-0.05, 0) is 27.2 Å². The van der Waals surface area contributed by atoms with Crippen LogP contribution >= 0.6 is 0 Å². The van der Waals surface area contributed by atoms with Crippen LogP contribution in [-0.4, -0.2) is 23.0 Å². The van der Waals surface area contributed by atoms with E-state index in [0.29, 0.717) is 12.8 Å². The van der Waals surface area contributed by atoms with Crippen LogP contribution in [-0.2, 0) is 9.59 Å². The maximum absolute atomic E-state index is 11.8. The van der Waals surface area contributed by atoms with Gasteiger partial charge < -0.3 is 0 Å². The van der Waals surface area contributed by atoms with E-state index in [1.165, 1.54) is 6.92 Å². The molecule has 1 atom stereocenters. The molecule has 0 aliphatic carbocycles. The number of ketones is 2. The van der Waals surface area contributed by atoms with E-state index in [4.69, 9.17) is 0 Å². The Kier molecular flexibility index (Phi) is 7.19. The summed E-state index contributed by atoms with van der Waals surface area (Å²) in [7, 11) is 0. The Morgan fingerprint density at radius 1 is 1.32 bits per heavy atom. The highest BCUT2D eigenvalue weighted by Gasteiger charge is 2.38. The summed E-state index contributed by atoms with van der Waals surface area (Å²) in [6.45, 7) is 6.59. The summed E-state index contributed by atoms with van der Waals surface area (Å²) in [6.07, 6.45) is 3.07. The van der Waals surface area contributed by atoms with Crippen LogP contribution < -0.4 is 0 Å². The minimum atomic E-state index is -1.17. The summed E-state index contributed by atoms with van der Waals surface area (Å²) in [6, 6.07) is 0. The van der Waals surface area contributed by atoms with Crippen molar-refractivity contribution in [2.45, 2.75) is 53.4 Å². The lowest BCUT2D eigenvalue weighted by atomic mass is 9.79. The van der Waals surface area contributed by atoms with Crippen molar-refractivity contribution in [1.29, 1.82) is 0 Å². The second kappa shape index (κ2) is 7.81. The van der Waals surface area contributed by atoms with Crippen LogP contribution in [0.25, 0.3) is 0 Å². The van der Waals surface area contributed by atoms with Crippen molar-refractivity contribution in [2.24, 2.45) is 5.41 Å². The van der Waals surface area contributed by atoms with Crippen molar-refractivity contribution in [2.75, 3.05) is 6.54 Å². The van der Waals surface area contributed by atoms with Crippen molar-refractivity contribution in [3.63, 3.8) is 0 Å². The molecular weight excluding hydrogens is 246 g/mol. The van der Waals surface area contributed by atoms with Crippen molar-refractivity contribution >= 4 is 11.6 Å². The number of nitro groups is 1. The van der Waals surface area contributed by atoms with Gasteiger partial charge in [-0.2, -0.15) is 0 Å². The highest BCUT2D eigenvalue weighted by Crippen LogP contribution is 2.26. The van der Waals surface area contributed by atoms with Gasteiger partial charge in [-0.1, -0.05) is 18.6 Å². The second-order valence-electron chi connectivity index (χ2n) is 5.36. The first-order valence-corrected chi connectivity index (χ1v) is 6.51. The molecular formula is C14H23NO4. The third kappa shape index (κ3) is 6.84. The molecule has 0 heterocycles. The van der Waals surface area contributed by atoms with E-state index in [-0.39, 0.29) is 24.4 Å². The summed E-state index contributed by atoms with van der Waals surface area (Å²) >= 11 is 0. The van der Waals surface area contributed by atoms with Gasteiger partial charge in [0.05, 0.1) is 5.41 Å². The molecule has 0 fully saturated rings. The standard InChI is InChI=1S/C14H23NO4/c1-5-13(17)14(4,10-15(18)19)9-12(16)8-6-7-11(2)3/h7H,5-6,8-10H2,1-4H3. The summed E-state index contributed by atoms with van der Waals surface area (Å²) in [5.74, 6) is -0.316. The second-order valence-corrected chi connectivity index (χ2v) is 5.36. The fourth-order valence-corrected chi connectivity index (χ4v) is 2.00. The Balaban J connectivity index is 4.65. The summed E-state index contributed by atoms with van der Waals surface area (Å²) in [5.41, 5.74) is -0.0363. The van der Waals surface area contributed by atoms with Gasteiger partial charge in [0.2, 0.25) is 6.54 Å². The summed E-state index contributed by atoms with van der Waals surface area (Å²) < 4.78 is 0. The normalized spacial score (nSPS) is 13.5. The van der Waals surface area contributed by atoms with Gasteiger partial charge in [0.25, 0.3) is 0 Å². The zero-order chi connectivity index (χ0) is 15.1. The molecule has 0 radical (unpaired) electrons. The van der Waals surface area contributed by atoms with Crippen molar-refractivity contribution in [3.05, 3.63) is 21.8 Å². The fraction of sp³-hybridized carbons (Fsp3) is 0.714. The highest BCUT2D eigenvalue weighted by molar-refractivity contribution is 5.90. The van der Waals surface area contributed by atoms with E-state index < -0.39 is 16.9 Å². The Bertz CT molecular complexity index is 383. The fourth-order valence-electron chi connectivity index (χ4n) is 2.00. The SMILES string of the molecule is CCC(=O)C(C)(CC(=O)CCC=C(C)C)C[N+](=O)[O-]. The first-order valence-electron chi connectivity index (χ1n) is 6.51. The lowest BCUT2D eigenvalue weighted by Gasteiger charge is -2.22. The minimum Gasteiger partial charge on any atom is -0.300 e. The third-order valence-corrected chi connectivity index (χ3v) is 3.04. The van der Waals surface area contributed by atoms with E-state index in [9.17, 15) is 19.7 Å². The minimum absolute atomic E-state index is 0.0444. The van der Waals surface area contributed by atoms with Crippen molar-refractivity contribution in [1.82, 2.24) is 0 Å². The summed E-state index contributed by atoms with van der Waals surface area (Å²) in [5, 5.41) is 10.7. The predicted molar refractivity (Wildman–Crippen MR) is 73.6 cm³/mol. The van der Waals surface area contributed by atoms with E-state index in [1.54, 1.807) is 6.92 Å². The Morgan fingerprint density at radius 2 is 1.89 bits per heavy atom. The number of hydrogen-bond acceptors (Lipinski definition) is 4. The summed E-state index contributed by atoms with van der Waals surface area (Å²) in [4.78, 5) is 33.8. The molecule has 1 unspecified atom stereocenters. The van der Waals surface area contributed by atoms with Gasteiger partial charge in [-0.25, -0.2) is 0 Å². The highest BCUT2D eigenvalue weighted by atomic mass is 16.6. The van der Waals surface area contributed by atoms with Crippen LogP contribution in [0, 0.1) is 15.5 Å². The molecule has 0 amide bonds. The van der Waals surface area contributed by atoms with Gasteiger partial charge in [0, 0.05) is 24.2 Å². The van der Waals surface area contributed by atoms with E-state index in [1.807, 2.05) is 19.9 Å². The van der Waals surface area contributed by atoms with E-state index >= 15 is 0 Å². The maximum Gasteiger partial charge on any atom is 0.216 e. The number of carbonyl (C=O) groups excluding carboxylic acids is 2. The number of allylic oxidation sites excluding steroid dienone is 2. The molecule has 0 saturated carbocycles. The zero-order valence-electron chi connectivity index (χ0n) is 12.2. The number of rotatable bonds is 9. The van der Waals surface area contributed by atoms with Crippen LogP contribution in [0.1, 0.15) is 53.4 Å². The lowest BCUT2D eigenvalue weighted by Crippen LogP contribution is -2.37. The molecule has 0 aromatic heterocycles. The molecule has 0 bridgehead atoms. The molecule has 0 aromatic carbocycles. The molecule has 0 N–H and O–H groups in total. The number of Topliss-reactive ketones (excluding diaryl/α,β-unsaturated/α-hetero) is 2. The Hall–Kier alpha value is -1.52. The monoisotopic (exact) mass is 269 g/mol. The molecule has 0 spiro atoms. The molecule has 0 saturated heterocycles. The van der Waals surface area contributed by atoms with Crippen LogP contribution in [0.3, 0.4) is 0 Å². The third-order valence-electron chi connectivity index (χ3n) is 3.04. The number of hydrogen-bond donors (Lipinski definition) is 0. The molecule has 0 aliphatic rings. The predicted octanol–water partition coefficient (Wildman–Crippen LogP) is 2.95. The average molecular weight is 269 g/mol. The number of carbonyl (C=O) groups is 2. The zero-order valence-corrected chi connectivity index (χ0v) is 12.2. The molecule has 108 valence electrons. The quantitative estimate of drug-likeness (QED) is 0.366. The first-order chi connectivity index (χ1) is 8.71. The Labute approximate surface area is 114 Å². The van der Waals surface area contributed by atoms with Crippen LogP contribution in [0.15, 0.2) is 11.6 Å². The van der Waals surface area contributed by atoms with Gasteiger partial charge in [-0.15, -0.1) is 0 Å². The van der Waals surface area contributed by atoms with Crippen LogP contribution in [0.4, 0.5) is 0 Å². The molecule has 19 heavy (non-hydrogen) atoms. The largest absolute Gasteiger partial charge is 0.300 e. The average Bonchev–Trinajstić information content (AvgIpc) is 2.25. The van der Waals surface area contributed by atoms with E-state index in [2.05, 4.69) is 0 Å². The lowest BCUT2D eigenvalue weighted by molar-refractivity contribution is -0.492. The van der Waals surface area contributed by atoms with Gasteiger partial charge in [0.15, 0.2) is 0 Å². The smallest absolute Gasteiger partial charge is 0.216 e.